The molecule has 1 aromatic carbocycles. The molecule has 0 unspecified atom stereocenters. The molecule has 0 aliphatic heterocycles. The summed E-state index contributed by atoms with van der Waals surface area (Å²) in [4.78, 5) is 15.0. The third-order valence-corrected chi connectivity index (χ3v) is 3.52. The molecule has 1 amide bonds. The van der Waals surface area contributed by atoms with E-state index in [4.69, 9.17) is 11.5 Å². The van der Waals surface area contributed by atoms with Crippen LogP contribution in [0.2, 0.25) is 0 Å². The Hall–Kier alpha value is -1.82. The molecule has 2 aromatic rings. The molecule has 96 valence electrons. The summed E-state index contributed by atoms with van der Waals surface area (Å²) in [7, 11) is 0. The van der Waals surface area contributed by atoms with Crippen LogP contribution in [0.5, 0.6) is 0 Å². The highest BCUT2D eigenvalue weighted by Crippen LogP contribution is 2.29. The van der Waals surface area contributed by atoms with Gasteiger partial charge in [0.2, 0.25) is 5.91 Å². The van der Waals surface area contributed by atoms with Crippen LogP contribution in [-0.4, -0.2) is 17.4 Å². The molecule has 5 nitrogen and oxygen atoms in total. The Morgan fingerprint density at radius 2 is 2.28 bits per heavy atom. The number of benzene rings is 1. The van der Waals surface area contributed by atoms with E-state index in [0.717, 1.165) is 20.9 Å². The van der Waals surface area contributed by atoms with E-state index in [-0.39, 0.29) is 5.91 Å². The number of aryl methyl sites for hydroxylation is 1. The van der Waals surface area contributed by atoms with Gasteiger partial charge in [0.25, 0.3) is 0 Å². The largest absolute Gasteiger partial charge is 0.397 e. The Labute approximate surface area is 109 Å². The van der Waals surface area contributed by atoms with Gasteiger partial charge in [-0.05, 0) is 25.5 Å². The summed E-state index contributed by atoms with van der Waals surface area (Å²) in [6, 6.07) is 3.87. The van der Waals surface area contributed by atoms with Crippen molar-refractivity contribution in [3.05, 3.63) is 17.1 Å². The third-order valence-electron chi connectivity index (χ3n) is 2.58. The molecule has 0 saturated heterocycles. The average molecular weight is 264 g/mol. The number of carbonyl (C=O) groups excluding carboxylic acids is 1. The number of aromatic nitrogens is 1. The quantitative estimate of drug-likeness (QED) is 0.567. The minimum absolute atomic E-state index is 0.282. The molecule has 18 heavy (non-hydrogen) atoms. The Morgan fingerprint density at radius 3 is 3.00 bits per heavy atom. The van der Waals surface area contributed by atoms with E-state index in [2.05, 4.69) is 10.3 Å². The Morgan fingerprint density at radius 1 is 1.50 bits per heavy atom. The summed E-state index contributed by atoms with van der Waals surface area (Å²) < 4.78 is 1.09. The lowest BCUT2D eigenvalue weighted by atomic mass is 10.2. The molecular weight excluding hydrogens is 248 g/mol. The normalized spacial score (nSPS) is 10.7. The number of carbonyl (C=O) groups is 1. The summed E-state index contributed by atoms with van der Waals surface area (Å²) in [5.41, 5.74) is 13.5. The molecule has 0 fully saturated rings. The van der Waals surface area contributed by atoms with Crippen molar-refractivity contribution in [2.45, 2.75) is 19.8 Å². The molecule has 0 saturated carbocycles. The van der Waals surface area contributed by atoms with Gasteiger partial charge in [0.05, 0.1) is 26.6 Å². The number of nitrogens with two attached hydrogens (primary N) is 2. The minimum atomic E-state index is -0.282. The van der Waals surface area contributed by atoms with Crippen molar-refractivity contribution >= 4 is 38.8 Å². The molecule has 5 N–H and O–H groups in total. The summed E-state index contributed by atoms with van der Waals surface area (Å²) >= 11 is 1.63. The Kier molecular flexibility index (Phi) is 3.66. The van der Waals surface area contributed by atoms with Crippen LogP contribution in [0.25, 0.3) is 10.2 Å². The van der Waals surface area contributed by atoms with Gasteiger partial charge in [0.1, 0.15) is 0 Å². The van der Waals surface area contributed by atoms with Gasteiger partial charge in [0.15, 0.2) is 0 Å². The van der Waals surface area contributed by atoms with E-state index in [9.17, 15) is 4.79 Å². The van der Waals surface area contributed by atoms with Crippen LogP contribution in [0.3, 0.4) is 0 Å². The van der Waals surface area contributed by atoms with Gasteiger partial charge < -0.3 is 16.8 Å². The SMILES string of the molecule is Cc1nc2cc(NCCCC(N)=O)c(N)cc2s1. The number of primary amides is 1. The standard InChI is InChI=1S/C12H16N4OS/c1-7-16-10-6-9(8(13)5-11(10)18-7)15-4-2-3-12(14)17/h5-6,15H,2-4,13H2,1H3,(H2,14,17). The number of nitrogen functional groups attached to an aromatic ring is 1. The van der Waals surface area contributed by atoms with Crippen molar-refractivity contribution in [3.63, 3.8) is 0 Å². The molecule has 0 atom stereocenters. The second-order valence-electron chi connectivity index (χ2n) is 4.14. The number of anilines is 2. The summed E-state index contributed by atoms with van der Waals surface area (Å²) in [5.74, 6) is -0.282. The fraction of sp³-hybridized carbons (Fsp3) is 0.333. The maximum absolute atomic E-state index is 10.6. The van der Waals surface area contributed by atoms with Crippen LogP contribution >= 0.6 is 11.3 Å². The van der Waals surface area contributed by atoms with Gasteiger partial charge in [-0.15, -0.1) is 11.3 Å². The van der Waals surface area contributed by atoms with Crippen LogP contribution in [0, 0.1) is 6.92 Å². The smallest absolute Gasteiger partial charge is 0.217 e. The van der Waals surface area contributed by atoms with Gasteiger partial charge in [-0.3, -0.25) is 4.79 Å². The molecule has 0 aliphatic rings. The van der Waals surface area contributed by atoms with E-state index < -0.39 is 0 Å². The van der Waals surface area contributed by atoms with Gasteiger partial charge in [-0.1, -0.05) is 0 Å². The van der Waals surface area contributed by atoms with Crippen molar-refractivity contribution in [3.8, 4) is 0 Å². The Balaban J connectivity index is 2.07. The van der Waals surface area contributed by atoms with Crippen LogP contribution in [-0.2, 0) is 4.79 Å². The molecule has 0 aliphatic carbocycles. The predicted molar refractivity (Wildman–Crippen MR) is 75.7 cm³/mol. The Bertz CT molecular complexity index is 579. The molecule has 0 spiro atoms. The summed E-state index contributed by atoms with van der Waals surface area (Å²) in [6.07, 6.45) is 1.08. The highest BCUT2D eigenvalue weighted by Gasteiger charge is 2.06. The number of thiazole rings is 1. The molecule has 1 aromatic heterocycles. The summed E-state index contributed by atoms with van der Waals surface area (Å²) in [6.45, 7) is 2.64. The van der Waals surface area contributed by atoms with Crippen molar-refractivity contribution in [1.29, 1.82) is 0 Å². The zero-order valence-electron chi connectivity index (χ0n) is 10.2. The highest BCUT2D eigenvalue weighted by molar-refractivity contribution is 7.18. The first-order valence-corrected chi connectivity index (χ1v) is 6.57. The number of hydrogen-bond acceptors (Lipinski definition) is 5. The van der Waals surface area contributed by atoms with Crippen LogP contribution in [0.4, 0.5) is 11.4 Å². The van der Waals surface area contributed by atoms with Gasteiger partial charge >= 0.3 is 0 Å². The molecule has 1 heterocycles. The summed E-state index contributed by atoms with van der Waals surface area (Å²) in [5, 5.41) is 4.22. The zero-order valence-corrected chi connectivity index (χ0v) is 11.0. The lowest BCUT2D eigenvalue weighted by Crippen LogP contribution is -2.13. The lowest BCUT2D eigenvalue weighted by molar-refractivity contribution is -0.118. The maximum Gasteiger partial charge on any atom is 0.217 e. The maximum atomic E-state index is 10.6. The van der Waals surface area contributed by atoms with E-state index in [1.54, 1.807) is 11.3 Å². The van der Waals surface area contributed by atoms with E-state index in [0.29, 0.717) is 25.1 Å². The first-order valence-electron chi connectivity index (χ1n) is 5.75. The monoisotopic (exact) mass is 264 g/mol. The van der Waals surface area contributed by atoms with E-state index in [1.165, 1.54) is 0 Å². The van der Waals surface area contributed by atoms with E-state index >= 15 is 0 Å². The fourth-order valence-corrected chi connectivity index (χ4v) is 2.60. The van der Waals surface area contributed by atoms with Crippen molar-refractivity contribution in [1.82, 2.24) is 4.98 Å². The van der Waals surface area contributed by atoms with Crippen molar-refractivity contribution in [2.24, 2.45) is 5.73 Å². The molecule has 2 rings (SSSR count). The van der Waals surface area contributed by atoms with Crippen LogP contribution in [0.15, 0.2) is 12.1 Å². The average Bonchev–Trinajstić information content (AvgIpc) is 2.63. The molecule has 6 heteroatoms. The van der Waals surface area contributed by atoms with Gasteiger partial charge in [-0.25, -0.2) is 4.98 Å². The highest BCUT2D eigenvalue weighted by atomic mass is 32.1. The first kappa shape index (κ1) is 12.6. The van der Waals surface area contributed by atoms with Crippen LogP contribution < -0.4 is 16.8 Å². The fourth-order valence-electron chi connectivity index (χ4n) is 1.74. The third kappa shape index (κ3) is 2.89. The lowest BCUT2D eigenvalue weighted by Gasteiger charge is -2.08. The number of nitrogens with zero attached hydrogens (tertiary/aromatic N) is 1. The van der Waals surface area contributed by atoms with E-state index in [1.807, 2.05) is 19.1 Å². The molecule has 0 bridgehead atoms. The number of amides is 1. The van der Waals surface area contributed by atoms with Crippen LogP contribution in [0.1, 0.15) is 17.8 Å². The number of hydrogen-bond donors (Lipinski definition) is 3. The predicted octanol–water partition coefficient (Wildman–Crippen LogP) is 1.86. The zero-order chi connectivity index (χ0) is 13.1. The minimum Gasteiger partial charge on any atom is -0.397 e. The molecule has 0 radical (unpaired) electrons. The topological polar surface area (TPSA) is 94.0 Å². The van der Waals surface area contributed by atoms with Gasteiger partial charge in [0, 0.05) is 13.0 Å². The van der Waals surface area contributed by atoms with Crippen molar-refractivity contribution in [2.75, 3.05) is 17.6 Å². The second-order valence-corrected chi connectivity index (χ2v) is 5.37. The van der Waals surface area contributed by atoms with Crippen molar-refractivity contribution < 1.29 is 4.79 Å². The molecular formula is C12H16N4OS. The number of nitrogens with one attached hydrogen (secondary N) is 1. The first-order chi connectivity index (χ1) is 8.56. The van der Waals surface area contributed by atoms with Gasteiger partial charge in [-0.2, -0.15) is 0 Å². The number of fused-ring (bicyclic) bond motifs is 1. The number of rotatable bonds is 5. The second kappa shape index (κ2) is 5.22.